The van der Waals surface area contributed by atoms with Gasteiger partial charge in [0.2, 0.25) is 0 Å². The number of pyridine rings is 1. The molecule has 0 saturated carbocycles. The predicted octanol–water partition coefficient (Wildman–Crippen LogP) is 3.07. The van der Waals surface area contributed by atoms with Gasteiger partial charge in [-0.3, -0.25) is 0 Å². The number of nitrogens with zero attached hydrogens (tertiary/aromatic N) is 3. The van der Waals surface area contributed by atoms with Crippen LogP contribution in [0.25, 0.3) is 0 Å². The lowest BCUT2D eigenvalue weighted by Crippen LogP contribution is -2.28. The Hall–Kier alpha value is -1.78. The lowest BCUT2D eigenvalue weighted by molar-refractivity contribution is 0.318. The van der Waals surface area contributed by atoms with Crippen molar-refractivity contribution in [3.05, 3.63) is 23.9 Å². The van der Waals surface area contributed by atoms with E-state index in [1.54, 1.807) is 12.3 Å². The van der Waals surface area contributed by atoms with Gasteiger partial charge in [-0.2, -0.15) is 0 Å². The van der Waals surface area contributed by atoms with Gasteiger partial charge >= 0.3 is 0 Å². The van der Waals surface area contributed by atoms with Crippen molar-refractivity contribution in [1.29, 1.82) is 0 Å². The fraction of sp³-hybridized carbons (Fsp3) is 0.625. The third-order valence-corrected chi connectivity index (χ3v) is 3.43. The Balaban J connectivity index is 2.90. The monoisotopic (exact) mass is 292 g/mol. The fourth-order valence-electron chi connectivity index (χ4n) is 1.98. The molecule has 5 heteroatoms. The molecule has 0 unspecified atom stereocenters. The number of aromatic nitrogens is 1. The molecule has 21 heavy (non-hydrogen) atoms. The maximum atomic E-state index is 8.80. The maximum absolute atomic E-state index is 8.80. The molecule has 0 fully saturated rings. The zero-order valence-electron chi connectivity index (χ0n) is 13.6. The van der Waals surface area contributed by atoms with Gasteiger partial charge in [-0.05, 0) is 36.8 Å². The van der Waals surface area contributed by atoms with E-state index in [9.17, 15) is 0 Å². The number of rotatable bonds is 8. The number of anilines is 1. The van der Waals surface area contributed by atoms with Crippen molar-refractivity contribution in [2.24, 2.45) is 22.7 Å². The summed E-state index contributed by atoms with van der Waals surface area (Å²) in [6, 6.07) is 3.64. The molecule has 0 saturated heterocycles. The summed E-state index contributed by atoms with van der Waals surface area (Å²) in [5, 5.41) is 11.9. The normalized spacial score (nSPS) is 12.2. The summed E-state index contributed by atoms with van der Waals surface area (Å²) in [4.78, 5) is 6.73. The van der Waals surface area contributed by atoms with E-state index in [-0.39, 0.29) is 5.84 Å². The molecule has 5 nitrogen and oxygen atoms in total. The summed E-state index contributed by atoms with van der Waals surface area (Å²) in [7, 11) is 0. The van der Waals surface area contributed by atoms with Crippen LogP contribution >= 0.6 is 0 Å². The van der Waals surface area contributed by atoms with Crippen LogP contribution in [0.15, 0.2) is 23.5 Å². The summed E-state index contributed by atoms with van der Waals surface area (Å²) < 4.78 is 0. The van der Waals surface area contributed by atoms with Crippen LogP contribution in [0.3, 0.4) is 0 Å². The van der Waals surface area contributed by atoms with Gasteiger partial charge in [0.05, 0.1) is 0 Å². The lowest BCUT2D eigenvalue weighted by atomic mass is 10.1. The largest absolute Gasteiger partial charge is 0.409 e. The summed E-state index contributed by atoms with van der Waals surface area (Å²) in [5.74, 6) is 2.31. The molecule has 1 heterocycles. The van der Waals surface area contributed by atoms with Crippen molar-refractivity contribution in [2.45, 2.75) is 40.5 Å². The van der Waals surface area contributed by atoms with Crippen LogP contribution in [-0.2, 0) is 0 Å². The molecule has 0 spiro atoms. The minimum Gasteiger partial charge on any atom is -0.409 e. The van der Waals surface area contributed by atoms with Crippen LogP contribution < -0.4 is 10.6 Å². The SMILES string of the molecule is CC(C)CCN(CCC(C)C)c1cc(/C(N)=N/O)ccn1. The first kappa shape index (κ1) is 17.3. The van der Waals surface area contributed by atoms with E-state index in [1.165, 1.54) is 0 Å². The van der Waals surface area contributed by atoms with Crippen molar-refractivity contribution < 1.29 is 5.21 Å². The topological polar surface area (TPSA) is 74.7 Å². The molecule has 1 aromatic heterocycles. The van der Waals surface area contributed by atoms with Crippen LogP contribution in [0.4, 0.5) is 5.82 Å². The third-order valence-electron chi connectivity index (χ3n) is 3.43. The standard InChI is InChI=1S/C16H28N4O/c1-12(2)6-9-20(10-7-13(3)4)15-11-14(5-8-18-15)16(17)19-21/h5,8,11-13,21H,6-7,9-10H2,1-4H3,(H2,17,19). The van der Waals surface area contributed by atoms with Crippen molar-refractivity contribution in [3.8, 4) is 0 Å². The summed E-state index contributed by atoms with van der Waals surface area (Å²) in [6.07, 6.45) is 3.95. The molecular formula is C16H28N4O. The minimum absolute atomic E-state index is 0.117. The first-order valence-corrected chi connectivity index (χ1v) is 7.63. The second-order valence-corrected chi connectivity index (χ2v) is 6.24. The van der Waals surface area contributed by atoms with Crippen LogP contribution in [0.2, 0.25) is 0 Å². The van der Waals surface area contributed by atoms with Gasteiger partial charge in [0.1, 0.15) is 5.82 Å². The highest BCUT2D eigenvalue weighted by Gasteiger charge is 2.11. The van der Waals surface area contributed by atoms with Crippen LogP contribution in [0, 0.1) is 11.8 Å². The summed E-state index contributed by atoms with van der Waals surface area (Å²) in [6.45, 7) is 10.8. The van der Waals surface area contributed by atoms with E-state index in [2.05, 4.69) is 42.7 Å². The van der Waals surface area contributed by atoms with Gasteiger partial charge in [0, 0.05) is 24.8 Å². The number of oxime groups is 1. The molecule has 0 atom stereocenters. The van der Waals surface area contributed by atoms with Gasteiger partial charge in [-0.25, -0.2) is 4.98 Å². The van der Waals surface area contributed by atoms with E-state index in [0.717, 1.165) is 31.7 Å². The van der Waals surface area contributed by atoms with Gasteiger partial charge < -0.3 is 15.8 Å². The molecular weight excluding hydrogens is 264 g/mol. The predicted molar refractivity (Wildman–Crippen MR) is 87.9 cm³/mol. The van der Waals surface area contributed by atoms with Gasteiger partial charge in [0.25, 0.3) is 0 Å². The number of hydrogen-bond donors (Lipinski definition) is 2. The van der Waals surface area contributed by atoms with E-state index in [1.807, 2.05) is 6.07 Å². The lowest BCUT2D eigenvalue weighted by Gasteiger charge is -2.25. The fourth-order valence-corrected chi connectivity index (χ4v) is 1.98. The second kappa shape index (κ2) is 8.49. The molecule has 0 aliphatic heterocycles. The Kier molecular flexibility index (Phi) is 6.99. The second-order valence-electron chi connectivity index (χ2n) is 6.24. The highest BCUT2D eigenvalue weighted by Crippen LogP contribution is 2.16. The zero-order chi connectivity index (χ0) is 15.8. The van der Waals surface area contributed by atoms with Crippen molar-refractivity contribution in [2.75, 3.05) is 18.0 Å². The minimum atomic E-state index is 0.117. The Morgan fingerprint density at radius 3 is 2.29 bits per heavy atom. The average molecular weight is 292 g/mol. The number of nitrogens with two attached hydrogens (primary N) is 1. The van der Waals surface area contributed by atoms with Crippen molar-refractivity contribution in [1.82, 2.24) is 4.98 Å². The molecule has 0 bridgehead atoms. The molecule has 0 amide bonds. The Bertz CT molecular complexity index is 445. The maximum Gasteiger partial charge on any atom is 0.170 e. The quantitative estimate of drug-likeness (QED) is 0.334. The van der Waals surface area contributed by atoms with Gasteiger partial charge in [-0.1, -0.05) is 32.9 Å². The highest BCUT2D eigenvalue weighted by molar-refractivity contribution is 5.97. The van der Waals surface area contributed by atoms with Crippen molar-refractivity contribution in [3.63, 3.8) is 0 Å². The molecule has 118 valence electrons. The molecule has 0 radical (unpaired) electrons. The van der Waals surface area contributed by atoms with E-state index >= 15 is 0 Å². The summed E-state index contributed by atoms with van der Waals surface area (Å²) >= 11 is 0. The van der Waals surface area contributed by atoms with Gasteiger partial charge in [-0.15, -0.1) is 0 Å². The van der Waals surface area contributed by atoms with Crippen LogP contribution in [0.1, 0.15) is 46.1 Å². The van der Waals surface area contributed by atoms with E-state index in [0.29, 0.717) is 17.4 Å². The van der Waals surface area contributed by atoms with Crippen molar-refractivity contribution >= 4 is 11.7 Å². The first-order chi connectivity index (χ1) is 9.93. The van der Waals surface area contributed by atoms with Gasteiger partial charge in [0.15, 0.2) is 5.84 Å². The Labute approximate surface area is 127 Å². The summed E-state index contributed by atoms with van der Waals surface area (Å²) in [5.41, 5.74) is 6.36. The zero-order valence-corrected chi connectivity index (χ0v) is 13.6. The first-order valence-electron chi connectivity index (χ1n) is 7.63. The molecule has 1 aromatic rings. The van der Waals surface area contributed by atoms with E-state index < -0.39 is 0 Å². The Morgan fingerprint density at radius 2 is 1.81 bits per heavy atom. The van der Waals surface area contributed by atoms with Crippen LogP contribution in [-0.4, -0.2) is 29.1 Å². The molecule has 0 aromatic carbocycles. The Morgan fingerprint density at radius 1 is 1.24 bits per heavy atom. The number of hydrogen-bond acceptors (Lipinski definition) is 4. The molecule has 1 rings (SSSR count). The van der Waals surface area contributed by atoms with E-state index in [4.69, 9.17) is 10.9 Å². The average Bonchev–Trinajstić information content (AvgIpc) is 2.46. The highest BCUT2D eigenvalue weighted by atomic mass is 16.4. The molecule has 0 aliphatic carbocycles. The van der Waals surface area contributed by atoms with Crippen LogP contribution in [0.5, 0.6) is 0 Å². The number of amidine groups is 1. The third kappa shape index (κ3) is 6.02. The molecule has 0 aliphatic rings. The smallest absolute Gasteiger partial charge is 0.170 e. The molecule has 3 N–H and O–H groups in total.